The van der Waals surface area contributed by atoms with E-state index in [2.05, 4.69) is 46.6 Å². The van der Waals surface area contributed by atoms with Crippen molar-refractivity contribution in [2.24, 2.45) is 0 Å². The number of nitrogens with zero attached hydrogens (tertiary/aromatic N) is 1. The molecule has 0 saturated carbocycles. The maximum Gasteiger partial charge on any atom is 0.519 e. The molecule has 0 aliphatic heterocycles. The van der Waals surface area contributed by atoms with Crippen molar-refractivity contribution < 1.29 is 91.3 Å². The molecule has 25 nitrogen and oxygen atoms in total. The average Bonchev–Trinajstić information content (AvgIpc) is 0.987. The zero-order chi connectivity index (χ0) is 77.5. The van der Waals surface area contributed by atoms with Gasteiger partial charge in [-0.05, 0) is 224 Å². The zero-order valence-corrected chi connectivity index (χ0v) is 63.7. The van der Waals surface area contributed by atoms with Gasteiger partial charge in [-0.25, -0.2) is 33.6 Å². The number of nitrogens with one attached hydrogen (secondary N) is 1. The number of ether oxygens (including phenoxy) is 8. The number of aldehydes is 2. The number of unbranched alkanes of at least 4 members (excludes halogenated alkanes) is 2. The summed E-state index contributed by atoms with van der Waals surface area (Å²) in [6.07, 6.45) is 7.12. The van der Waals surface area contributed by atoms with Crippen molar-refractivity contribution in [1.82, 2.24) is 9.97 Å². The van der Waals surface area contributed by atoms with Crippen LogP contribution < -0.4 is 22.8 Å². The molecule has 9 N–H and O–H groups in total. The number of alkyl halides is 2. The number of aliphatic hydroxyl groups is 2. The van der Waals surface area contributed by atoms with Crippen LogP contribution in [0, 0.1) is 6.92 Å². The molecular weight excluding hydrogens is 1450 g/mol. The van der Waals surface area contributed by atoms with Crippen molar-refractivity contribution in [3.05, 3.63) is 188 Å². The van der Waals surface area contributed by atoms with E-state index in [-0.39, 0.29) is 58.6 Å². The molecule has 27 heteroatoms. The Bertz CT molecular complexity index is 3280. The summed E-state index contributed by atoms with van der Waals surface area (Å²) in [4.78, 5) is 115. The van der Waals surface area contributed by atoms with Crippen LogP contribution >= 0.6 is 31.9 Å². The van der Waals surface area contributed by atoms with Gasteiger partial charge in [0.25, 0.3) is 5.56 Å². The van der Waals surface area contributed by atoms with Crippen molar-refractivity contribution in [2.75, 3.05) is 68.8 Å². The van der Waals surface area contributed by atoms with Crippen molar-refractivity contribution in [2.45, 2.75) is 157 Å². The van der Waals surface area contributed by atoms with E-state index in [0.717, 1.165) is 92.0 Å². The van der Waals surface area contributed by atoms with Gasteiger partial charge in [0.05, 0.1) is 65.7 Å². The molecule has 0 radical (unpaired) electrons. The maximum absolute atomic E-state index is 11.4. The lowest BCUT2D eigenvalue weighted by atomic mass is 10.1. The summed E-state index contributed by atoms with van der Waals surface area (Å²) < 4.78 is 38.1. The van der Waals surface area contributed by atoms with Gasteiger partial charge in [0, 0.05) is 36.7 Å². The molecule has 6 rings (SSSR count). The summed E-state index contributed by atoms with van der Waals surface area (Å²) in [6.45, 7) is 23.4. The van der Waals surface area contributed by atoms with Crippen LogP contribution in [0.5, 0.6) is 0 Å². The van der Waals surface area contributed by atoms with Gasteiger partial charge in [0.1, 0.15) is 29.6 Å². The normalized spacial score (nSPS) is 10.3. The molecule has 0 spiro atoms. The van der Waals surface area contributed by atoms with Gasteiger partial charge >= 0.3 is 42.2 Å². The van der Waals surface area contributed by atoms with Gasteiger partial charge in [-0.15, -0.1) is 0 Å². The van der Waals surface area contributed by atoms with Gasteiger partial charge < -0.3 is 74.9 Å². The number of anilines is 3. The monoisotopic (exact) mass is 1550 g/mol. The number of esters is 5. The van der Waals surface area contributed by atoms with Crippen LogP contribution in [0.15, 0.2) is 132 Å². The van der Waals surface area contributed by atoms with Crippen LogP contribution in [0.3, 0.4) is 0 Å². The summed E-state index contributed by atoms with van der Waals surface area (Å²) in [5.41, 5.74) is 22.1. The Morgan fingerprint density at radius 2 is 0.843 bits per heavy atom. The first-order valence-electron chi connectivity index (χ1n) is 32.9. The topological polar surface area (TPSA) is 392 Å². The number of carbonyl (C=O) groups excluding carboxylic acids is 9. The molecule has 0 saturated heterocycles. The number of rotatable bonds is 24. The summed E-state index contributed by atoms with van der Waals surface area (Å²) in [5.74, 6) is -1.25. The van der Waals surface area contributed by atoms with Crippen LogP contribution in [0.2, 0.25) is 0 Å². The number of hydrogen-bond acceptors (Lipinski definition) is 24. The Labute approximate surface area is 615 Å². The van der Waals surface area contributed by atoms with E-state index < -0.39 is 23.5 Å². The molecule has 5 aromatic carbocycles. The summed E-state index contributed by atoms with van der Waals surface area (Å²) in [7, 11) is 0. The number of nitrogen functional groups attached to an aromatic ring is 3. The fraction of sp³-hybridized carbons (Fsp3) is 0.427. The van der Waals surface area contributed by atoms with Gasteiger partial charge in [0.2, 0.25) is 5.95 Å². The molecule has 1 atom stereocenters. The van der Waals surface area contributed by atoms with Crippen molar-refractivity contribution in [3.63, 3.8) is 0 Å². The van der Waals surface area contributed by atoms with E-state index in [1.807, 2.05) is 55.5 Å². The van der Waals surface area contributed by atoms with Gasteiger partial charge in [-0.3, -0.25) is 9.78 Å². The number of aryl methyl sites for hydroxylation is 4. The molecular formula is C75H103Br2N5O20. The van der Waals surface area contributed by atoms with Crippen LogP contribution in [0.1, 0.15) is 189 Å². The van der Waals surface area contributed by atoms with Crippen molar-refractivity contribution >= 4 is 104 Å². The average molecular weight is 1550 g/mol. The second-order valence-corrected chi connectivity index (χ2v) is 24.9. The molecule has 0 aliphatic rings. The van der Waals surface area contributed by atoms with E-state index in [1.54, 1.807) is 149 Å². The Hall–Kier alpha value is -9.31. The number of benzene rings is 5. The lowest BCUT2D eigenvalue weighted by Gasteiger charge is -2.20. The summed E-state index contributed by atoms with van der Waals surface area (Å²) >= 11 is 6.40. The fourth-order valence-electron chi connectivity index (χ4n) is 7.17. The predicted molar refractivity (Wildman–Crippen MR) is 400 cm³/mol. The van der Waals surface area contributed by atoms with Gasteiger partial charge in [-0.2, -0.15) is 4.98 Å². The largest absolute Gasteiger partial charge is 0.519 e. The minimum absolute atomic E-state index is 0.0417. The maximum atomic E-state index is 11.4. The molecule has 102 heavy (non-hydrogen) atoms. The standard InChI is InChI=1S/C13H15BrO3.C13H18O3.C13H16O3.C10H18O5.C10H12O2.C9H11NO2.C4H6N4O.C3H7BrO/c1-2-17-13(16)11-6-3-10(4-7-11)5-8-12(14)9-15;2*1-2-16-13(15)12-8-6-11(7-9-12)5-3-4-10-14;1-9(2,3)14-7(11)13-8(12)15-10(4,5)6;1-3-12-10(11)9-6-4-8(2)5-7-9;1-2-12-9(11)7-3-5-8(10)6-4-7;5-2-1-3(9)8-4(6)7-2;4-2-1-3-5/h3-4,6-7,9,12H,2,5,8H2,1H3;6-9,14H,2-5,10H2,1H3;6-10H,2-5H2,1H3;1-6H3;4-7H,3H2,1-2H3;3-6H,2,10H2,1H3;1H,(H5,5,6,7,8,9);5H,1-3H2. The van der Waals surface area contributed by atoms with Crippen LogP contribution in [0.25, 0.3) is 0 Å². The Kier molecular flexibility index (Phi) is 52.3. The number of aromatic nitrogens is 2. The third-order valence-electron chi connectivity index (χ3n) is 11.9. The zero-order valence-electron chi connectivity index (χ0n) is 60.6. The highest BCUT2D eigenvalue weighted by atomic mass is 79.9. The first-order valence-corrected chi connectivity index (χ1v) is 34.9. The van der Waals surface area contributed by atoms with E-state index in [1.165, 1.54) is 5.56 Å². The lowest BCUT2D eigenvalue weighted by Crippen LogP contribution is -2.29. The molecule has 0 bridgehead atoms. The minimum Gasteiger partial charge on any atom is -0.462 e. The fourth-order valence-corrected chi connectivity index (χ4v) is 7.65. The van der Waals surface area contributed by atoms with E-state index in [4.69, 9.17) is 60.6 Å². The highest BCUT2D eigenvalue weighted by Gasteiger charge is 2.24. The van der Waals surface area contributed by atoms with E-state index in [9.17, 15) is 47.9 Å². The smallest absolute Gasteiger partial charge is 0.462 e. The third-order valence-corrected chi connectivity index (χ3v) is 13.1. The minimum atomic E-state index is -1.06. The summed E-state index contributed by atoms with van der Waals surface area (Å²) in [5, 5.41) is 17.6. The number of H-pyrrole nitrogens is 1. The molecule has 1 heterocycles. The molecule has 562 valence electrons. The van der Waals surface area contributed by atoms with Crippen LogP contribution in [0.4, 0.5) is 27.0 Å². The lowest BCUT2D eigenvalue weighted by molar-refractivity contribution is -0.108. The Balaban J connectivity index is 0. The van der Waals surface area contributed by atoms with Crippen molar-refractivity contribution in [1.29, 1.82) is 0 Å². The summed E-state index contributed by atoms with van der Waals surface area (Å²) in [6, 6.07) is 37.2. The molecule has 0 aliphatic carbocycles. The van der Waals surface area contributed by atoms with Crippen LogP contribution in [-0.4, -0.2) is 143 Å². The van der Waals surface area contributed by atoms with Crippen LogP contribution in [-0.2, 0) is 66.7 Å². The second kappa shape index (κ2) is 56.3. The molecule has 1 unspecified atom stereocenters. The highest BCUT2D eigenvalue weighted by molar-refractivity contribution is 9.10. The quantitative estimate of drug-likeness (QED) is 0.00623. The Morgan fingerprint density at radius 1 is 0.510 bits per heavy atom. The molecule has 1 aromatic heterocycles. The van der Waals surface area contributed by atoms with E-state index in [0.29, 0.717) is 79.6 Å². The number of hydrogen-bond donors (Lipinski definition) is 6. The third kappa shape index (κ3) is 50.1. The first-order chi connectivity index (χ1) is 48.3. The molecule has 6 aromatic rings. The predicted octanol–water partition coefficient (Wildman–Crippen LogP) is 13.5. The van der Waals surface area contributed by atoms with Gasteiger partial charge in [-0.1, -0.05) is 86.0 Å². The number of aliphatic hydroxyl groups excluding tert-OH is 2. The first kappa shape index (κ1) is 94.7. The number of nitrogens with two attached hydrogens (primary N) is 3. The highest BCUT2D eigenvalue weighted by Crippen LogP contribution is 2.15. The molecule has 0 fully saturated rings. The van der Waals surface area contributed by atoms with Crippen molar-refractivity contribution in [3.8, 4) is 0 Å². The van der Waals surface area contributed by atoms with Gasteiger partial charge in [0.15, 0.2) is 0 Å². The second-order valence-electron chi connectivity index (χ2n) is 23.0. The van der Waals surface area contributed by atoms with E-state index >= 15 is 0 Å². The number of carbonyl (C=O) groups is 9. The SMILES string of the molecule is CC(C)(C)OC(=O)OC(=O)OC(C)(C)C.CCOC(=O)c1ccc(C)cc1.CCOC(=O)c1ccc(CCC(Br)C=O)cc1.CCOC(=O)c1ccc(CCCC=O)cc1.CCOC(=O)c1ccc(CCCCO)cc1.CCOC(=O)c1ccc(N)cc1.Nc1cc(=O)[nH]c(N)n1.OCCCBr. The number of halogens is 2. The number of aromatic amines is 1. The Morgan fingerprint density at radius 3 is 1.13 bits per heavy atom. The molecule has 0 amide bonds.